The van der Waals surface area contributed by atoms with Gasteiger partial charge in [-0.2, -0.15) is 0 Å². The second-order valence-electron chi connectivity index (χ2n) is 8.66. The molecule has 0 radical (unpaired) electrons. The second-order valence-corrected chi connectivity index (χ2v) is 8.66. The Morgan fingerprint density at radius 1 is 1.15 bits per heavy atom. The van der Waals surface area contributed by atoms with Crippen molar-refractivity contribution >= 4 is 0 Å². The Hall–Kier alpha value is -0.920. The van der Waals surface area contributed by atoms with Crippen molar-refractivity contribution in [2.24, 2.45) is 23.7 Å². The summed E-state index contributed by atoms with van der Waals surface area (Å²) in [6.45, 7) is 6.85. The first-order valence-electron chi connectivity index (χ1n) is 9.86. The fourth-order valence-corrected chi connectivity index (χ4v) is 5.62. The summed E-state index contributed by atoms with van der Waals surface area (Å²) in [6, 6.07) is 3.78. The molecule has 1 aliphatic carbocycles. The highest BCUT2D eigenvalue weighted by Gasteiger charge is 2.69. The van der Waals surface area contributed by atoms with Crippen LogP contribution in [0.1, 0.15) is 52.2 Å². The molecule has 26 heavy (non-hydrogen) atoms. The average Bonchev–Trinajstić information content (AvgIpc) is 3.04. The van der Waals surface area contributed by atoms with Crippen LogP contribution in [0.25, 0.3) is 0 Å². The van der Waals surface area contributed by atoms with Gasteiger partial charge in [0, 0.05) is 18.3 Å². The molecule has 5 heterocycles. The number of furan rings is 1. The van der Waals surface area contributed by atoms with E-state index in [4.69, 9.17) is 28.4 Å². The van der Waals surface area contributed by atoms with Crippen LogP contribution < -0.4 is 0 Å². The van der Waals surface area contributed by atoms with Crippen molar-refractivity contribution in [3.63, 3.8) is 0 Å². The number of ether oxygens (including phenoxy) is 3. The lowest BCUT2D eigenvalue weighted by atomic mass is 9.58. The monoisotopic (exact) mass is 364 g/mol. The van der Waals surface area contributed by atoms with E-state index in [1.54, 1.807) is 6.26 Å². The minimum absolute atomic E-state index is 0.186. The molecule has 0 unspecified atom stereocenters. The largest absolute Gasteiger partial charge is 0.467 e. The Morgan fingerprint density at radius 2 is 2.04 bits per heavy atom. The topological polar surface area (TPSA) is 59.3 Å². The molecule has 4 saturated heterocycles. The molecule has 1 saturated carbocycles. The minimum atomic E-state index is -0.746. The highest BCUT2D eigenvalue weighted by Crippen LogP contribution is 2.60. The minimum Gasteiger partial charge on any atom is -0.467 e. The Morgan fingerprint density at radius 3 is 2.85 bits per heavy atom. The van der Waals surface area contributed by atoms with E-state index in [0.717, 1.165) is 25.0 Å². The van der Waals surface area contributed by atoms with Crippen molar-refractivity contribution in [2.75, 3.05) is 0 Å². The highest BCUT2D eigenvalue weighted by atomic mass is 17.3. The zero-order valence-corrected chi connectivity index (χ0v) is 15.7. The zero-order valence-electron chi connectivity index (χ0n) is 15.7. The van der Waals surface area contributed by atoms with Gasteiger partial charge in [-0.05, 0) is 50.2 Å². The third-order valence-corrected chi connectivity index (χ3v) is 7.07. The van der Waals surface area contributed by atoms with E-state index in [0.29, 0.717) is 18.4 Å². The Balaban J connectivity index is 1.45. The first kappa shape index (κ1) is 17.2. The predicted molar refractivity (Wildman–Crippen MR) is 90.3 cm³/mol. The van der Waals surface area contributed by atoms with Gasteiger partial charge in [-0.1, -0.05) is 13.8 Å². The van der Waals surface area contributed by atoms with Gasteiger partial charge >= 0.3 is 0 Å². The van der Waals surface area contributed by atoms with Gasteiger partial charge < -0.3 is 18.6 Å². The molecule has 4 aliphatic heterocycles. The second kappa shape index (κ2) is 6.04. The van der Waals surface area contributed by atoms with Gasteiger partial charge in [-0.15, -0.1) is 0 Å². The van der Waals surface area contributed by atoms with Crippen molar-refractivity contribution in [3.05, 3.63) is 24.2 Å². The molecule has 8 atom stereocenters. The molecule has 5 fully saturated rings. The lowest BCUT2D eigenvalue weighted by Gasteiger charge is -2.60. The van der Waals surface area contributed by atoms with E-state index >= 15 is 0 Å². The third kappa shape index (κ3) is 2.43. The van der Waals surface area contributed by atoms with Gasteiger partial charge in [0.05, 0.1) is 6.26 Å². The van der Waals surface area contributed by atoms with Crippen molar-refractivity contribution in [1.82, 2.24) is 0 Å². The first-order chi connectivity index (χ1) is 12.5. The predicted octanol–water partition coefficient (Wildman–Crippen LogP) is 4.00. The summed E-state index contributed by atoms with van der Waals surface area (Å²) in [4.78, 5) is 12.0. The summed E-state index contributed by atoms with van der Waals surface area (Å²) in [5.41, 5.74) is -0.530. The van der Waals surface area contributed by atoms with Crippen LogP contribution in [0.4, 0.5) is 0 Å². The summed E-state index contributed by atoms with van der Waals surface area (Å²) in [5, 5.41) is 0. The molecule has 6 heteroatoms. The summed E-state index contributed by atoms with van der Waals surface area (Å²) < 4.78 is 24.2. The maximum absolute atomic E-state index is 6.36. The summed E-state index contributed by atoms with van der Waals surface area (Å²) >= 11 is 0. The van der Waals surface area contributed by atoms with E-state index in [1.807, 2.05) is 19.1 Å². The van der Waals surface area contributed by atoms with E-state index < -0.39 is 17.7 Å². The molecule has 6 nitrogen and oxygen atoms in total. The maximum atomic E-state index is 6.36. The molecule has 0 amide bonds. The number of fused-ring (bicyclic) bond motifs is 2. The normalized spacial score (nSPS) is 50.3. The van der Waals surface area contributed by atoms with E-state index in [1.165, 1.54) is 6.42 Å². The molecule has 5 aliphatic rings. The molecule has 144 valence electrons. The van der Waals surface area contributed by atoms with Crippen LogP contribution in [0.2, 0.25) is 0 Å². The standard InChI is InChI=1S/C20H28O6/c1-12-6-7-16-13(2)17(22-11-14-5-4-10-21-14)23-18-20(16)15(12)8-9-19(3,24-18)25-26-20/h4-5,10,12-13,15-18H,6-9,11H2,1-3H3/t12-,13-,15+,16+,17+,18-,19+,20-/m1/s1. The van der Waals surface area contributed by atoms with Gasteiger partial charge in [-0.25, -0.2) is 9.78 Å². The van der Waals surface area contributed by atoms with Gasteiger partial charge in [0.2, 0.25) is 5.79 Å². The maximum Gasteiger partial charge on any atom is 0.201 e. The van der Waals surface area contributed by atoms with E-state index in [2.05, 4.69) is 13.8 Å². The molecular weight excluding hydrogens is 336 g/mol. The van der Waals surface area contributed by atoms with Crippen LogP contribution >= 0.6 is 0 Å². The molecule has 6 rings (SSSR count). The van der Waals surface area contributed by atoms with E-state index in [-0.39, 0.29) is 18.1 Å². The summed E-state index contributed by atoms with van der Waals surface area (Å²) in [7, 11) is 0. The van der Waals surface area contributed by atoms with Crippen molar-refractivity contribution < 1.29 is 28.4 Å². The molecular formula is C20H28O6. The van der Waals surface area contributed by atoms with Crippen molar-refractivity contribution in [1.29, 1.82) is 0 Å². The van der Waals surface area contributed by atoms with Crippen LogP contribution in [-0.2, 0) is 30.6 Å². The number of hydrogen-bond donors (Lipinski definition) is 0. The Labute approximate surface area is 154 Å². The number of rotatable bonds is 3. The molecule has 0 aromatic carbocycles. The quantitative estimate of drug-likeness (QED) is 0.756. The zero-order chi connectivity index (χ0) is 17.9. The van der Waals surface area contributed by atoms with Gasteiger partial charge in [0.15, 0.2) is 18.2 Å². The molecule has 1 spiro atoms. The average molecular weight is 364 g/mol. The van der Waals surface area contributed by atoms with Crippen LogP contribution in [-0.4, -0.2) is 24.0 Å². The van der Waals surface area contributed by atoms with Gasteiger partial charge in [0.1, 0.15) is 12.4 Å². The fraction of sp³-hybridized carbons (Fsp3) is 0.800. The molecule has 0 N–H and O–H groups in total. The van der Waals surface area contributed by atoms with Crippen LogP contribution in [0, 0.1) is 23.7 Å². The summed E-state index contributed by atoms with van der Waals surface area (Å²) in [6.07, 6.45) is 4.98. The smallest absolute Gasteiger partial charge is 0.201 e. The lowest BCUT2D eigenvalue weighted by Crippen LogP contribution is -2.70. The van der Waals surface area contributed by atoms with Crippen LogP contribution in [0.5, 0.6) is 0 Å². The van der Waals surface area contributed by atoms with Crippen molar-refractivity contribution in [3.8, 4) is 0 Å². The Bertz CT molecular complexity index is 647. The molecule has 2 bridgehead atoms. The van der Waals surface area contributed by atoms with Crippen molar-refractivity contribution in [2.45, 2.75) is 77.0 Å². The van der Waals surface area contributed by atoms with Gasteiger partial charge in [0.25, 0.3) is 0 Å². The SMILES string of the molecule is C[C@H]1[C@@H](OCc2ccco2)O[C@@H]2O[C@]3(C)CC[C@H]4[C@H](C)CC[C@@H]1[C@@]24OO3. The Kier molecular flexibility index (Phi) is 4.00. The van der Waals surface area contributed by atoms with E-state index in [9.17, 15) is 0 Å². The fourth-order valence-electron chi connectivity index (χ4n) is 5.62. The van der Waals surface area contributed by atoms with Crippen LogP contribution in [0.15, 0.2) is 22.8 Å². The summed E-state index contributed by atoms with van der Waals surface area (Å²) in [5.74, 6) is 1.47. The lowest BCUT2D eigenvalue weighted by molar-refractivity contribution is -0.577. The van der Waals surface area contributed by atoms with Gasteiger partial charge in [-0.3, -0.25) is 0 Å². The first-order valence-corrected chi connectivity index (χ1v) is 9.86. The molecule has 1 aromatic rings. The number of hydrogen-bond acceptors (Lipinski definition) is 6. The molecule has 1 aromatic heterocycles. The highest BCUT2D eigenvalue weighted by molar-refractivity contribution is 5.09. The van der Waals surface area contributed by atoms with Crippen LogP contribution in [0.3, 0.4) is 0 Å². The third-order valence-electron chi connectivity index (χ3n) is 7.07.